The molecule has 0 saturated carbocycles. The van der Waals surface area contributed by atoms with E-state index in [-0.39, 0.29) is 37.2 Å². The molecular weight excluding hydrogens is 394 g/mol. The topological polar surface area (TPSA) is 64.4 Å². The summed E-state index contributed by atoms with van der Waals surface area (Å²) in [6, 6.07) is 4.68. The smallest absolute Gasteiger partial charge is 0.387 e. The van der Waals surface area contributed by atoms with E-state index in [4.69, 9.17) is 5.73 Å². The van der Waals surface area contributed by atoms with Gasteiger partial charge in [0, 0.05) is 23.1 Å². The maximum Gasteiger partial charge on any atom is 0.387 e. The lowest BCUT2D eigenvalue weighted by Crippen LogP contribution is -2.45. The fourth-order valence-electron chi connectivity index (χ4n) is 2.21. The van der Waals surface area contributed by atoms with Gasteiger partial charge in [-0.25, -0.2) is 0 Å². The number of carbonyl (C=O) groups excluding carboxylic acids is 1. The summed E-state index contributed by atoms with van der Waals surface area (Å²) in [5.41, 5.74) is 5.57. The SMILES string of the molecule is CCC(CC)(CN)C(=O)NCc1cc(Br)ccc1OC(F)F.Cl. The third-order valence-corrected chi connectivity index (χ3v) is 4.40. The van der Waals surface area contributed by atoms with Crippen LogP contribution < -0.4 is 15.8 Å². The molecule has 23 heavy (non-hydrogen) atoms. The lowest BCUT2D eigenvalue weighted by molar-refractivity contribution is -0.131. The number of nitrogens with one attached hydrogen (secondary N) is 1. The molecule has 0 spiro atoms. The average molecular weight is 416 g/mol. The molecule has 0 aromatic heterocycles. The fourth-order valence-corrected chi connectivity index (χ4v) is 2.62. The van der Waals surface area contributed by atoms with Gasteiger partial charge in [-0.1, -0.05) is 29.8 Å². The van der Waals surface area contributed by atoms with Crippen LogP contribution in [0.5, 0.6) is 5.75 Å². The lowest BCUT2D eigenvalue weighted by Gasteiger charge is -2.28. The van der Waals surface area contributed by atoms with Gasteiger partial charge in [-0.3, -0.25) is 4.79 Å². The van der Waals surface area contributed by atoms with Crippen LogP contribution >= 0.6 is 28.3 Å². The van der Waals surface area contributed by atoms with Crippen molar-refractivity contribution in [3.63, 3.8) is 0 Å². The molecule has 0 radical (unpaired) electrons. The molecule has 0 aliphatic heterocycles. The summed E-state index contributed by atoms with van der Waals surface area (Å²) in [4.78, 5) is 12.4. The minimum Gasteiger partial charge on any atom is -0.434 e. The largest absolute Gasteiger partial charge is 0.434 e. The molecule has 1 rings (SSSR count). The van der Waals surface area contributed by atoms with Crippen molar-refractivity contribution in [2.75, 3.05) is 6.54 Å². The van der Waals surface area contributed by atoms with E-state index in [1.54, 1.807) is 12.1 Å². The molecule has 0 aliphatic rings. The Balaban J connectivity index is 0.00000484. The van der Waals surface area contributed by atoms with Crippen molar-refractivity contribution in [3.05, 3.63) is 28.2 Å². The van der Waals surface area contributed by atoms with E-state index in [2.05, 4.69) is 26.0 Å². The molecule has 0 bridgehead atoms. The Morgan fingerprint density at radius 2 is 2.00 bits per heavy atom. The summed E-state index contributed by atoms with van der Waals surface area (Å²) in [5.74, 6) is -0.132. The van der Waals surface area contributed by atoms with Crippen LogP contribution in [0.2, 0.25) is 0 Å². The van der Waals surface area contributed by atoms with Gasteiger partial charge in [0.15, 0.2) is 0 Å². The van der Waals surface area contributed by atoms with Gasteiger partial charge in [0.25, 0.3) is 0 Å². The maximum absolute atomic E-state index is 12.4. The predicted octanol–water partition coefficient (Wildman–Crippen LogP) is 3.85. The lowest BCUT2D eigenvalue weighted by atomic mass is 9.81. The minimum atomic E-state index is -2.91. The highest BCUT2D eigenvalue weighted by atomic mass is 79.9. The molecule has 0 unspecified atom stereocenters. The summed E-state index contributed by atoms with van der Waals surface area (Å²) in [5, 5.41) is 2.77. The van der Waals surface area contributed by atoms with E-state index in [0.717, 1.165) is 4.47 Å². The summed E-state index contributed by atoms with van der Waals surface area (Å²) in [7, 11) is 0. The molecular formula is C15H22BrClF2N2O2. The molecule has 3 N–H and O–H groups in total. The summed E-state index contributed by atoms with van der Waals surface area (Å²) < 4.78 is 30.0. The molecule has 0 aliphatic carbocycles. The molecule has 0 heterocycles. The van der Waals surface area contributed by atoms with Crippen molar-refractivity contribution in [2.45, 2.75) is 39.8 Å². The van der Waals surface area contributed by atoms with Gasteiger partial charge in [-0.05, 0) is 31.0 Å². The molecule has 0 saturated heterocycles. The van der Waals surface area contributed by atoms with Gasteiger partial charge in [0.2, 0.25) is 5.91 Å². The monoisotopic (exact) mass is 414 g/mol. The normalized spacial score (nSPS) is 11.1. The first-order valence-corrected chi connectivity index (χ1v) is 7.89. The summed E-state index contributed by atoms with van der Waals surface area (Å²) in [6.45, 7) is 1.23. The van der Waals surface area contributed by atoms with Crippen molar-refractivity contribution < 1.29 is 18.3 Å². The zero-order chi connectivity index (χ0) is 16.8. The Morgan fingerprint density at radius 1 is 1.39 bits per heavy atom. The third-order valence-electron chi connectivity index (χ3n) is 3.90. The Kier molecular flexibility index (Phi) is 9.65. The average Bonchev–Trinajstić information content (AvgIpc) is 2.49. The predicted molar refractivity (Wildman–Crippen MR) is 91.9 cm³/mol. The highest BCUT2D eigenvalue weighted by Gasteiger charge is 2.33. The van der Waals surface area contributed by atoms with Crippen LogP contribution in [0.1, 0.15) is 32.3 Å². The first kappa shape index (κ1) is 22.1. The Morgan fingerprint density at radius 3 is 2.48 bits per heavy atom. The second kappa shape index (κ2) is 10.1. The number of amides is 1. The van der Waals surface area contributed by atoms with Gasteiger partial charge in [-0.15, -0.1) is 12.4 Å². The molecule has 0 atom stereocenters. The third kappa shape index (κ3) is 5.90. The van der Waals surface area contributed by atoms with Gasteiger partial charge in [-0.2, -0.15) is 8.78 Å². The van der Waals surface area contributed by atoms with E-state index in [1.165, 1.54) is 6.07 Å². The van der Waals surface area contributed by atoms with Crippen molar-refractivity contribution in [1.82, 2.24) is 5.32 Å². The Labute approximate surface area is 149 Å². The molecule has 4 nitrogen and oxygen atoms in total. The number of carbonyl (C=O) groups is 1. The summed E-state index contributed by atoms with van der Waals surface area (Å²) >= 11 is 3.27. The minimum absolute atomic E-state index is 0. The molecule has 8 heteroatoms. The number of rotatable bonds is 8. The zero-order valence-corrected chi connectivity index (χ0v) is 15.5. The van der Waals surface area contributed by atoms with Gasteiger partial charge < -0.3 is 15.8 Å². The fraction of sp³-hybridized carbons (Fsp3) is 0.533. The number of hydrogen-bond acceptors (Lipinski definition) is 3. The van der Waals surface area contributed by atoms with E-state index in [1.807, 2.05) is 13.8 Å². The van der Waals surface area contributed by atoms with E-state index in [0.29, 0.717) is 18.4 Å². The molecule has 1 aromatic carbocycles. The van der Waals surface area contributed by atoms with Gasteiger partial charge in [0.1, 0.15) is 5.75 Å². The quantitative estimate of drug-likeness (QED) is 0.678. The number of halogens is 4. The molecule has 1 amide bonds. The molecule has 1 aromatic rings. The number of alkyl halides is 2. The van der Waals surface area contributed by atoms with Crippen molar-refractivity contribution in [1.29, 1.82) is 0 Å². The standard InChI is InChI=1S/C15H21BrF2N2O2.ClH/c1-3-15(4-2,9-19)13(21)20-8-10-7-11(16)5-6-12(10)22-14(17)18;/h5-7,14H,3-4,8-9,19H2,1-2H3,(H,20,21);1H. The van der Waals surface area contributed by atoms with Crippen LogP contribution in [0.3, 0.4) is 0 Å². The van der Waals surface area contributed by atoms with Crippen LogP contribution in [-0.4, -0.2) is 19.1 Å². The number of hydrogen-bond donors (Lipinski definition) is 2. The second-order valence-electron chi connectivity index (χ2n) is 5.00. The summed E-state index contributed by atoms with van der Waals surface area (Å²) in [6.07, 6.45) is 1.23. The number of ether oxygens (including phenoxy) is 1. The maximum atomic E-state index is 12.4. The van der Waals surface area contributed by atoms with Crippen LogP contribution in [0.25, 0.3) is 0 Å². The number of benzene rings is 1. The Bertz CT molecular complexity index is 506. The van der Waals surface area contributed by atoms with Crippen LogP contribution in [0, 0.1) is 5.41 Å². The first-order chi connectivity index (χ1) is 10.4. The van der Waals surface area contributed by atoms with E-state index < -0.39 is 12.0 Å². The van der Waals surface area contributed by atoms with Gasteiger partial charge in [0.05, 0.1) is 5.41 Å². The highest BCUT2D eigenvalue weighted by Crippen LogP contribution is 2.27. The molecule has 132 valence electrons. The zero-order valence-electron chi connectivity index (χ0n) is 13.1. The van der Waals surface area contributed by atoms with Crippen LogP contribution in [0.4, 0.5) is 8.78 Å². The molecule has 0 fully saturated rings. The van der Waals surface area contributed by atoms with Crippen molar-refractivity contribution in [2.24, 2.45) is 11.1 Å². The van der Waals surface area contributed by atoms with Crippen LogP contribution in [0.15, 0.2) is 22.7 Å². The van der Waals surface area contributed by atoms with Gasteiger partial charge >= 0.3 is 6.61 Å². The number of nitrogens with two attached hydrogens (primary N) is 1. The first-order valence-electron chi connectivity index (χ1n) is 7.10. The van der Waals surface area contributed by atoms with Crippen LogP contribution in [-0.2, 0) is 11.3 Å². The van der Waals surface area contributed by atoms with E-state index >= 15 is 0 Å². The Hall–Kier alpha value is -0.920. The highest BCUT2D eigenvalue weighted by molar-refractivity contribution is 9.10. The second-order valence-corrected chi connectivity index (χ2v) is 5.92. The van der Waals surface area contributed by atoms with Crippen molar-refractivity contribution >= 4 is 34.2 Å². The van der Waals surface area contributed by atoms with Crippen molar-refractivity contribution in [3.8, 4) is 5.75 Å². The van der Waals surface area contributed by atoms with E-state index in [9.17, 15) is 13.6 Å².